The molecule has 1 aliphatic rings. The lowest BCUT2D eigenvalue weighted by atomic mass is 9.68. The zero-order chi connectivity index (χ0) is 15.9. The van der Waals surface area contributed by atoms with E-state index in [1.165, 1.54) is 17.8 Å². The number of benzene rings is 1. The van der Waals surface area contributed by atoms with Gasteiger partial charge in [-0.15, -0.1) is 0 Å². The van der Waals surface area contributed by atoms with Gasteiger partial charge in [0, 0.05) is 10.9 Å². The van der Waals surface area contributed by atoms with Crippen LogP contribution in [0.1, 0.15) is 40.0 Å². The quantitative estimate of drug-likeness (QED) is 0.803. The van der Waals surface area contributed by atoms with Crippen LogP contribution in [0.15, 0.2) is 18.2 Å². The summed E-state index contributed by atoms with van der Waals surface area (Å²) < 4.78 is 1.00. The Morgan fingerprint density at radius 1 is 1.41 bits per heavy atom. The lowest BCUT2D eigenvalue weighted by molar-refractivity contribution is -0.122. The number of anilines is 1. The van der Waals surface area contributed by atoms with Gasteiger partial charge >= 0.3 is 0 Å². The van der Waals surface area contributed by atoms with Crippen molar-refractivity contribution in [1.82, 2.24) is 4.98 Å². The molecule has 1 saturated carbocycles. The number of rotatable bonds is 2. The normalized spacial score (nSPS) is 24.4. The van der Waals surface area contributed by atoms with Gasteiger partial charge in [0.05, 0.1) is 10.2 Å². The first-order valence-corrected chi connectivity index (χ1v) is 8.89. The number of halogens is 1. The van der Waals surface area contributed by atoms with Gasteiger partial charge in [0.1, 0.15) is 0 Å². The van der Waals surface area contributed by atoms with Gasteiger partial charge in [-0.05, 0) is 48.8 Å². The van der Waals surface area contributed by atoms with Crippen LogP contribution in [0.2, 0.25) is 5.02 Å². The van der Waals surface area contributed by atoms with Gasteiger partial charge in [-0.2, -0.15) is 0 Å². The maximum absolute atomic E-state index is 12.6. The Labute approximate surface area is 140 Å². The van der Waals surface area contributed by atoms with Crippen molar-refractivity contribution in [2.45, 2.75) is 40.0 Å². The molecule has 1 aromatic carbocycles. The number of nitrogens with zero attached hydrogens (tertiary/aromatic N) is 1. The highest BCUT2D eigenvalue weighted by Gasteiger charge is 2.35. The highest BCUT2D eigenvalue weighted by atomic mass is 35.5. The maximum Gasteiger partial charge on any atom is 0.229 e. The van der Waals surface area contributed by atoms with Crippen molar-refractivity contribution >= 4 is 44.2 Å². The second kappa shape index (κ2) is 5.82. The van der Waals surface area contributed by atoms with E-state index in [0.29, 0.717) is 16.1 Å². The van der Waals surface area contributed by atoms with Gasteiger partial charge in [-0.25, -0.2) is 4.98 Å². The molecule has 1 heterocycles. The summed E-state index contributed by atoms with van der Waals surface area (Å²) in [4.78, 5) is 17.0. The third-order valence-electron chi connectivity index (χ3n) is 4.34. The molecule has 2 aromatic rings. The first-order valence-electron chi connectivity index (χ1n) is 7.69. The number of fused-ring (bicyclic) bond motifs is 1. The molecular formula is C17H21ClN2OS. The lowest BCUT2D eigenvalue weighted by Gasteiger charge is -2.38. The summed E-state index contributed by atoms with van der Waals surface area (Å²) in [6.45, 7) is 6.74. The van der Waals surface area contributed by atoms with Crippen molar-refractivity contribution in [1.29, 1.82) is 0 Å². The Kier molecular flexibility index (Phi) is 4.17. The fourth-order valence-corrected chi connectivity index (χ4v) is 4.85. The van der Waals surface area contributed by atoms with Gasteiger partial charge in [0.2, 0.25) is 5.91 Å². The van der Waals surface area contributed by atoms with Crippen LogP contribution < -0.4 is 5.32 Å². The summed E-state index contributed by atoms with van der Waals surface area (Å²) in [6, 6.07) is 5.59. The molecule has 2 unspecified atom stereocenters. The molecule has 3 rings (SSSR count). The predicted octanol–water partition coefficient (Wildman–Crippen LogP) is 5.35. The molecule has 0 radical (unpaired) electrons. The standard InChI is InChI=1S/C17H21ClN2OS/c1-10-6-11(9-17(2,3)8-10)15(21)20-16-19-13-5-4-12(18)7-14(13)22-16/h4-5,7,10-11H,6,8-9H2,1-3H3,(H,19,20,21). The highest BCUT2D eigenvalue weighted by molar-refractivity contribution is 7.22. The van der Waals surface area contributed by atoms with Crippen LogP contribution in [-0.4, -0.2) is 10.9 Å². The second-order valence-corrected chi connectivity index (χ2v) is 8.70. The fraction of sp³-hybridized carbons (Fsp3) is 0.529. The van der Waals surface area contributed by atoms with E-state index in [9.17, 15) is 4.79 Å². The van der Waals surface area contributed by atoms with Gasteiger partial charge in [0.15, 0.2) is 5.13 Å². The van der Waals surface area contributed by atoms with Gasteiger partial charge in [-0.1, -0.05) is 43.7 Å². The van der Waals surface area contributed by atoms with Crippen molar-refractivity contribution < 1.29 is 4.79 Å². The Bertz CT molecular complexity index is 710. The van der Waals surface area contributed by atoms with E-state index in [1.54, 1.807) is 0 Å². The molecule has 2 atom stereocenters. The average Bonchev–Trinajstić information content (AvgIpc) is 2.77. The minimum absolute atomic E-state index is 0.0781. The van der Waals surface area contributed by atoms with E-state index < -0.39 is 0 Å². The number of amides is 1. The van der Waals surface area contributed by atoms with E-state index in [1.807, 2.05) is 18.2 Å². The summed E-state index contributed by atoms with van der Waals surface area (Å²) >= 11 is 7.47. The monoisotopic (exact) mass is 336 g/mol. The predicted molar refractivity (Wildman–Crippen MR) is 93.5 cm³/mol. The Morgan fingerprint density at radius 3 is 2.91 bits per heavy atom. The highest BCUT2D eigenvalue weighted by Crippen LogP contribution is 2.42. The molecule has 118 valence electrons. The van der Waals surface area contributed by atoms with E-state index in [4.69, 9.17) is 11.6 Å². The van der Waals surface area contributed by atoms with Crippen molar-refractivity contribution in [2.75, 3.05) is 5.32 Å². The molecule has 1 aliphatic carbocycles. The number of carbonyl (C=O) groups excluding carboxylic acids is 1. The molecule has 5 heteroatoms. The van der Waals surface area contributed by atoms with Crippen LogP contribution in [0, 0.1) is 17.3 Å². The zero-order valence-corrected chi connectivity index (χ0v) is 14.7. The number of nitrogens with one attached hydrogen (secondary N) is 1. The molecule has 0 aliphatic heterocycles. The molecule has 1 aromatic heterocycles. The maximum atomic E-state index is 12.6. The number of thiazole rings is 1. The van der Waals surface area contributed by atoms with Crippen molar-refractivity contribution in [3.63, 3.8) is 0 Å². The third-order valence-corrected chi connectivity index (χ3v) is 5.51. The minimum Gasteiger partial charge on any atom is -0.302 e. The van der Waals surface area contributed by atoms with Gasteiger partial charge in [0.25, 0.3) is 0 Å². The Morgan fingerprint density at radius 2 is 2.18 bits per heavy atom. The van der Waals surface area contributed by atoms with E-state index in [-0.39, 0.29) is 17.2 Å². The smallest absolute Gasteiger partial charge is 0.229 e. The van der Waals surface area contributed by atoms with E-state index >= 15 is 0 Å². The number of hydrogen-bond acceptors (Lipinski definition) is 3. The van der Waals surface area contributed by atoms with Crippen molar-refractivity contribution in [2.24, 2.45) is 17.3 Å². The molecule has 0 saturated heterocycles. The summed E-state index contributed by atoms with van der Waals surface area (Å²) in [5.74, 6) is 0.771. The molecule has 0 spiro atoms. The molecule has 22 heavy (non-hydrogen) atoms. The minimum atomic E-state index is 0.0781. The number of aromatic nitrogens is 1. The first-order chi connectivity index (χ1) is 10.3. The van der Waals surface area contributed by atoms with Crippen molar-refractivity contribution in [3.05, 3.63) is 23.2 Å². The molecule has 1 amide bonds. The van der Waals surface area contributed by atoms with Gasteiger partial charge < -0.3 is 5.32 Å². The summed E-state index contributed by atoms with van der Waals surface area (Å²) in [5, 5.41) is 4.36. The Balaban J connectivity index is 1.75. The second-order valence-electron chi connectivity index (χ2n) is 7.23. The molecule has 0 bridgehead atoms. The SMILES string of the molecule is CC1CC(C(=O)Nc2nc3ccc(Cl)cc3s2)CC(C)(C)C1. The Hall–Kier alpha value is -1.13. The van der Waals surface area contributed by atoms with Crippen LogP contribution in [0.5, 0.6) is 0 Å². The zero-order valence-electron chi connectivity index (χ0n) is 13.1. The molecule has 1 N–H and O–H groups in total. The number of carbonyl (C=O) groups is 1. The lowest BCUT2D eigenvalue weighted by Crippen LogP contribution is -2.34. The molecule has 1 fully saturated rings. The van der Waals surface area contributed by atoms with E-state index in [2.05, 4.69) is 31.1 Å². The fourth-order valence-electron chi connectivity index (χ4n) is 3.71. The first kappa shape index (κ1) is 15.8. The van der Waals surface area contributed by atoms with E-state index in [0.717, 1.165) is 23.1 Å². The van der Waals surface area contributed by atoms with Gasteiger partial charge in [-0.3, -0.25) is 4.79 Å². The summed E-state index contributed by atoms with van der Waals surface area (Å²) in [6.07, 6.45) is 3.10. The van der Waals surface area contributed by atoms with Crippen LogP contribution in [0.25, 0.3) is 10.2 Å². The summed E-state index contributed by atoms with van der Waals surface area (Å²) in [7, 11) is 0. The van der Waals surface area contributed by atoms with Crippen LogP contribution in [0.4, 0.5) is 5.13 Å². The molecule has 3 nitrogen and oxygen atoms in total. The van der Waals surface area contributed by atoms with Crippen molar-refractivity contribution in [3.8, 4) is 0 Å². The van der Waals surface area contributed by atoms with Crippen LogP contribution >= 0.6 is 22.9 Å². The van der Waals surface area contributed by atoms with Crippen LogP contribution in [0.3, 0.4) is 0 Å². The largest absolute Gasteiger partial charge is 0.302 e. The van der Waals surface area contributed by atoms with Crippen LogP contribution in [-0.2, 0) is 4.79 Å². The topological polar surface area (TPSA) is 42.0 Å². The number of hydrogen-bond donors (Lipinski definition) is 1. The average molecular weight is 337 g/mol. The summed E-state index contributed by atoms with van der Waals surface area (Å²) in [5.41, 5.74) is 1.11. The molecular weight excluding hydrogens is 316 g/mol. The third kappa shape index (κ3) is 3.44.